The van der Waals surface area contributed by atoms with Crippen LogP contribution in [-0.4, -0.2) is 74.2 Å². The van der Waals surface area contributed by atoms with E-state index in [1.54, 1.807) is 6.07 Å². The molecular weight excluding hydrogens is 492 g/mol. The minimum absolute atomic E-state index is 0. The van der Waals surface area contributed by atoms with Gasteiger partial charge in [0.1, 0.15) is 19.3 Å². The number of fused-ring (bicyclic) bond motifs is 1. The molecule has 1 aromatic carbocycles. The summed E-state index contributed by atoms with van der Waals surface area (Å²) in [6.07, 6.45) is 8.44. The summed E-state index contributed by atoms with van der Waals surface area (Å²) in [5.74, 6) is 1.40. The van der Waals surface area contributed by atoms with Gasteiger partial charge in [0.2, 0.25) is 5.91 Å². The number of nitrogens with zero attached hydrogens (tertiary/aromatic N) is 1. The zero-order valence-corrected chi connectivity index (χ0v) is 22.1. The van der Waals surface area contributed by atoms with Gasteiger partial charge < -0.3 is 24.8 Å². The number of carbonyl (C=O) groups is 1. The van der Waals surface area contributed by atoms with Gasteiger partial charge in [-0.25, -0.2) is 8.42 Å². The maximum Gasteiger partial charge on any atom is 0.220 e. The molecule has 0 bridgehead atoms. The number of rotatable bonds is 12. The molecule has 2 aliphatic heterocycles. The summed E-state index contributed by atoms with van der Waals surface area (Å²) in [7, 11) is -3.02. The van der Waals surface area contributed by atoms with Crippen LogP contribution in [0.15, 0.2) is 18.2 Å². The lowest BCUT2D eigenvalue weighted by atomic mass is 10.0. The van der Waals surface area contributed by atoms with Crippen LogP contribution < -0.4 is 14.8 Å². The normalized spacial score (nSPS) is 20.1. The SMILES string of the molecule is C.O=C(CCCCCS(=O)(=O)C1CCCCC1)N[C@H](CN1CCCC1)[C@H](O)c1ccc2c(c1)OCCO2. The molecule has 1 aromatic rings. The minimum atomic E-state index is -3.02. The number of ether oxygens (including phenoxy) is 2. The fourth-order valence-corrected chi connectivity index (χ4v) is 7.57. The third kappa shape index (κ3) is 8.58. The van der Waals surface area contributed by atoms with Crippen LogP contribution in [0.3, 0.4) is 0 Å². The first kappa shape index (κ1) is 29.7. The average molecular weight is 539 g/mol. The van der Waals surface area contributed by atoms with E-state index in [4.69, 9.17) is 9.47 Å². The number of hydrogen-bond donors (Lipinski definition) is 2. The second-order valence-corrected chi connectivity index (χ2v) is 12.9. The smallest absolute Gasteiger partial charge is 0.220 e. The standard InChI is InChI=1S/C27H42N2O6S.CH4/c30-26(11-5-2-8-18-36(32,33)22-9-3-1-4-10-22)28-23(20-29-14-6-7-15-29)27(31)21-12-13-24-25(19-21)35-17-16-34-24;/h12-13,19,22-23,27,31H,1-11,14-18,20H2,(H,28,30);1H4/t23-,27-;/m1./s1. The summed E-state index contributed by atoms with van der Waals surface area (Å²) in [6, 6.07) is 5.00. The molecule has 0 aromatic heterocycles. The van der Waals surface area contributed by atoms with Crippen LogP contribution in [0.5, 0.6) is 11.5 Å². The number of benzene rings is 1. The summed E-state index contributed by atoms with van der Waals surface area (Å²) in [4.78, 5) is 15.1. The van der Waals surface area contributed by atoms with Crippen LogP contribution in [0.2, 0.25) is 0 Å². The van der Waals surface area contributed by atoms with Crippen molar-refractivity contribution in [3.63, 3.8) is 0 Å². The Morgan fingerprint density at radius 2 is 1.70 bits per heavy atom. The molecular formula is C28H46N2O6S. The Hall–Kier alpha value is -1.84. The fourth-order valence-electron chi connectivity index (χ4n) is 5.58. The van der Waals surface area contributed by atoms with Crippen LogP contribution >= 0.6 is 0 Å². The number of likely N-dealkylation sites (tertiary alicyclic amines) is 1. The molecule has 37 heavy (non-hydrogen) atoms. The van der Waals surface area contributed by atoms with Gasteiger partial charge in [-0.15, -0.1) is 0 Å². The van der Waals surface area contributed by atoms with E-state index in [1.807, 2.05) is 12.1 Å². The maximum absolute atomic E-state index is 12.8. The zero-order valence-electron chi connectivity index (χ0n) is 21.3. The van der Waals surface area contributed by atoms with Crippen molar-refractivity contribution in [1.29, 1.82) is 0 Å². The largest absolute Gasteiger partial charge is 0.486 e. The highest BCUT2D eigenvalue weighted by atomic mass is 32.2. The van der Waals surface area contributed by atoms with Gasteiger partial charge in [-0.05, 0) is 69.3 Å². The van der Waals surface area contributed by atoms with Crippen LogP contribution in [-0.2, 0) is 14.6 Å². The van der Waals surface area contributed by atoms with E-state index < -0.39 is 22.0 Å². The second kappa shape index (κ2) is 14.4. The first-order chi connectivity index (χ1) is 17.4. The van der Waals surface area contributed by atoms with E-state index in [0.717, 1.165) is 58.0 Å². The van der Waals surface area contributed by atoms with Crippen LogP contribution in [0, 0.1) is 0 Å². The van der Waals surface area contributed by atoms with Crippen molar-refractivity contribution in [2.24, 2.45) is 0 Å². The molecule has 9 heteroatoms. The van der Waals surface area contributed by atoms with Crippen molar-refractivity contribution in [1.82, 2.24) is 10.2 Å². The lowest BCUT2D eigenvalue weighted by molar-refractivity contribution is -0.123. The van der Waals surface area contributed by atoms with Crippen molar-refractivity contribution in [2.45, 2.75) is 95.5 Å². The summed E-state index contributed by atoms with van der Waals surface area (Å²) in [6.45, 7) is 3.50. The molecule has 8 nitrogen and oxygen atoms in total. The number of aliphatic hydroxyl groups excluding tert-OH is 1. The van der Waals surface area contributed by atoms with Crippen molar-refractivity contribution in [2.75, 3.05) is 38.6 Å². The number of hydrogen-bond acceptors (Lipinski definition) is 7. The molecule has 210 valence electrons. The van der Waals surface area contributed by atoms with Gasteiger partial charge in [0, 0.05) is 13.0 Å². The van der Waals surface area contributed by atoms with Crippen molar-refractivity contribution in [3.05, 3.63) is 23.8 Å². The molecule has 3 aliphatic rings. The van der Waals surface area contributed by atoms with E-state index in [2.05, 4.69) is 10.2 Å². The van der Waals surface area contributed by atoms with Crippen LogP contribution in [0.4, 0.5) is 0 Å². The highest BCUT2D eigenvalue weighted by Gasteiger charge is 2.28. The van der Waals surface area contributed by atoms with E-state index in [-0.39, 0.29) is 24.3 Å². The van der Waals surface area contributed by atoms with Gasteiger partial charge >= 0.3 is 0 Å². The highest BCUT2D eigenvalue weighted by Crippen LogP contribution is 2.33. The minimum Gasteiger partial charge on any atom is -0.486 e. The Morgan fingerprint density at radius 3 is 2.43 bits per heavy atom. The first-order valence-electron chi connectivity index (χ1n) is 13.7. The average Bonchev–Trinajstić information content (AvgIpc) is 3.41. The Balaban J connectivity index is 0.00000380. The summed E-state index contributed by atoms with van der Waals surface area (Å²) < 4.78 is 36.4. The Bertz CT molecular complexity index is 957. The molecule has 1 aliphatic carbocycles. The third-order valence-corrected chi connectivity index (χ3v) is 10.0. The second-order valence-electron chi connectivity index (χ2n) is 10.5. The van der Waals surface area contributed by atoms with Gasteiger partial charge in [-0.2, -0.15) is 0 Å². The molecule has 1 saturated carbocycles. The molecule has 1 amide bonds. The molecule has 2 heterocycles. The van der Waals surface area contributed by atoms with Gasteiger partial charge in [-0.1, -0.05) is 39.2 Å². The molecule has 2 N–H and O–H groups in total. The summed E-state index contributed by atoms with van der Waals surface area (Å²) in [5, 5.41) is 14.1. The van der Waals surface area contributed by atoms with E-state index in [0.29, 0.717) is 62.5 Å². The predicted octanol–water partition coefficient (Wildman–Crippen LogP) is 4.02. The monoisotopic (exact) mass is 538 g/mol. The topological polar surface area (TPSA) is 105 Å². The lowest BCUT2D eigenvalue weighted by Gasteiger charge is -2.29. The van der Waals surface area contributed by atoms with Crippen molar-refractivity contribution in [3.8, 4) is 11.5 Å². The van der Waals surface area contributed by atoms with Gasteiger partial charge in [0.15, 0.2) is 21.3 Å². The predicted molar refractivity (Wildman–Crippen MR) is 146 cm³/mol. The Labute approximate surface area is 223 Å². The van der Waals surface area contributed by atoms with E-state index in [1.165, 1.54) is 0 Å². The van der Waals surface area contributed by atoms with E-state index in [9.17, 15) is 18.3 Å². The maximum atomic E-state index is 12.8. The number of sulfone groups is 1. The number of amides is 1. The zero-order chi connectivity index (χ0) is 25.4. The summed E-state index contributed by atoms with van der Waals surface area (Å²) >= 11 is 0. The molecule has 0 unspecified atom stereocenters. The highest BCUT2D eigenvalue weighted by molar-refractivity contribution is 7.92. The molecule has 0 spiro atoms. The summed E-state index contributed by atoms with van der Waals surface area (Å²) in [5.41, 5.74) is 0.691. The first-order valence-corrected chi connectivity index (χ1v) is 15.4. The Kier molecular flexibility index (Phi) is 11.5. The molecule has 0 radical (unpaired) electrons. The van der Waals surface area contributed by atoms with Crippen LogP contribution in [0.25, 0.3) is 0 Å². The van der Waals surface area contributed by atoms with E-state index >= 15 is 0 Å². The van der Waals surface area contributed by atoms with Gasteiger partial charge in [0.05, 0.1) is 17.0 Å². The number of carbonyl (C=O) groups excluding carboxylic acids is 1. The Morgan fingerprint density at radius 1 is 1.00 bits per heavy atom. The third-order valence-electron chi connectivity index (χ3n) is 7.68. The molecule has 1 saturated heterocycles. The number of unbranched alkanes of at least 4 members (excludes halogenated alkanes) is 2. The molecule has 2 atom stereocenters. The van der Waals surface area contributed by atoms with Crippen molar-refractivity contribution < 1.29 is 27.8 Å². The number of nitrogens with one attached hydrogen (secondary N) is 1. The van der Waals surface area contributed by atoms with Gasteiger partial charge in [0.25, 0.3) is 0 Å². The van der Waals surface area contributed by atoms with Crippen molar-refractivity contribution >= 4 is 15.7 Å². The molecule has 4 rings (SSSR count). The van der Waals surface area contributed by atoms with Crippen LogP contribution in [0.1, 0.15) is 89.7 Å². The lowest BCUT2D eigenvalue weighted by Crippen LogP contribution is -2.46. The quantitative estimate of drug-likeness (QED) is 0.387. The molecule has 2 fully saturated rings. The fraction of sp³-hybridized carbons (Fsp3) is 0.750. The number of aliphatic hydroxyl groups is 1. The van der Waals surface area contributed by atoms with Gasteiger partial charge in [-0.3, -0.25) is 4.79 Å².